The molecule has 2 atom stereocenters. The highest BCUT2D eigenvalue weighted by molar-refractivity contribution is 8.01. The molecule has 142 valence electrons. The number of aryl methyl sites for hydroxylation is 1. The van der Waals surface area contributed by atoms with Crippen LogP contribution in [-0.2, 0) is 42.7 Å². The normalized spacial score (nSPS) is 19.8. The van der Waals surface area contributed by atoms with Gasteiger partial charge in [-0.2, -0.15) is 0 Å². The lowest BCUT2D eigenvalue weighted by Gasteiger charge is -2.35. The molecule has 0 radical (unpaired) electrons. The Morgan fingerprint density at radius 2 is 1.85 bits per heavy atom. The van der Waals surface area contributed by atoms with Crippen molar-refractivity contribution in [3.63, 3.8) is 0 Å². The minimum atomic E-state index is -2.06. The fourth-order valence-electron chi connectivity index (χ4n) is 3.55. The van der Waals surface area contributed by atoms with Crippen molar-refractivity contribution >= 4 is 33.5 Å². The zero-order chi connectivity index (χ0) is 19.4. The van der Waals surface area contributed by atoms with Gasteiger partial charge < -0.3 is 4.74 Å². The number of ether oxygens (including phenoxy) is 1. The lowest BCUT2D eigenvalue weighted by molar-refractivity contribution is -0.147. The van der Waals surface area contributed by atoms with Gasteiger partial charge in [-0.15, -0.1) is 0 Å². The molecule has 3 rings (SSSR count). The fraction of sp³-hybridized carbons (Fsp3) is 0.333. The first-order valence-corrected chi connectivity index (χ1v) is 10.5. The van der Waals surface area contributed by atoms with E-state index in [1.807, 2.05) is 12.1 Å². The molecule has 0 aliphatic heterocycles. The number of carbonyl (C=O) groups excluding carboxylic acids is 2. The van der Waals surface area contributed by atoms with E-state index in [1.165, 1.54) is 0 Å². The van der Waals surface area contributed by atoms with E-state index in [0.717, 1.165) is 12.0 Å². The first-order chi connectivity index (χ1) is 13.0. The number of esters is 1. The molecule has 0 amide bonds. The molecule has 1 aliphatic carbocycles. The van der Waals surface area contributed by atoms with Crippen LogP contribution >= 0.6 is 11.6 Å². The largest absolute Gasteiger partial charge is 0.465 e. The fourth-order valence-corrected chi connectivity index (χ4v) is 5.30. The van der Waals surface area contributed by atoms with E-state index in [0.29, 0.717) is 29.0 Å². The maximum atomic E-state index is 13.4. The summed E-state index contributed by atoms with van der Waals surface area (Å²) in [6.45, 7) is 1.88. The van der Waals surface area contributed by atoms with Gasteiger partial charge in [0.15, 0.2) is 4.75 Å². The number of benzene rings is 2. The maximum Gasteiger partial charge on any atom is 0.329 e. The van der Waals surface area contributed by atoms with E-state index >= 15 is 0 Å². The van der Waals surface area contributed by atoms with Gasteiger partial charge in [0.05, 0.1) is 6.61 Å². The zero-order valence-corrected chi connectivity index (χ0v) is 16.6. The van der Waals surface area contributed by atoms with Gasteiger partial charge in [0.1, 0.15) is 10.8 Å². The molecule has 2 aromatic rings. The molecule has 0 saturated heterocycles. The molecule has 6 heteroatoms. The van der Waals surface area contributed by atoms with Gasteiger partial charge in [0.2, 0.25) is 5.12 Å². The highest BCUT2D eigenvalue weighted by atomic mass is 35.5. The SMILES string of the molecule is CCOC(=O)C1(S(=O)C(=O)Cc2ccc(Cl)cc2)CCCc2ccccc21. The summed E-state index contributed by atoms with van der Waals surface area (Å²) in [5.74, 6) is -0.583. The third-order valence-corrected chi connectivity index (χ3v) is 6.85. The smallest absolute Gasteiger partial charge is 0.329 e. The van der Waals surface area contributed by atoms with E-state index in [1.54, 1.807) is 43.3 Å². The molecule has 2 aromatic carbocycles. The Morgan fingerprint density at radius 3 is 2.56 bits per heavy atom. The Kier molecular flexibility index (Phi) is 6.12. The summed E-state index contributed by atoms with van der Waals surface area (Å²) < 4.78 is 17.2. The second kappa shape index (κ2) is 8.36. The Morgan fingerprint density at radius 1 is 1.15 bits per heavy atom. The average molecular weight is 405 g/mol. The second-order valence-corrected chi connectivity index (χ2v) is 8.63. The van der Waals surface area contributed by atoms with Crippen LogP contribution < -0.4 is 0 Å². The van der Waals surface area contributed by atoms with Crippen molar-refractivity contribution in [1.29, 1.82) is 0 Å². The van der Waals surface area contributed by atoms with Gasteiger partial charge >= 0.3 is 5.97 Å². The molecule has 0 aromatic heterocycles. The molecule has 1 aliphatic rings. The van der Waals surface area contributed by atoms with Gasteiger partial charge in [-0.05, 0) is 55.0 Å². The van der Waals surface area contributed by atoms with Crippen molar-refractivity contribution in [1.82, 2.24) is 0 Å². The Labute approximate surface area is 166 Å². The molecule has 27 heavy (non-hydrogen) atoms. The lowest BCUT2D eigenvalue weighted by Crippen LogP contribution is -2.47. The topological polar surface area (TPSA) is 60.4 Å². The summed E-state index contributed by atoms with van der Waals surface area (Å²) in [6.07, 6.45) is 1.78. The Bertz CT molecular complexity index is 878. The van der Waals surface area contributed by atoms with Gasteiger partial charge in [-0.1, -0.05) is 48.0 Å². The number of fused-ring (bicyclic) bond motifs is 1. The van der Waals surface area contributed by atoms with Crippen LogP contribution in [-0.4, -0.2) is 21.9 Å². The van der Waals surface area contributed by atoms with Gasteiger partial charge in [0, 0.05) is 11.4 Å². The predicted molar refractivity (Wildman–Crippen MR) is 106 cm³/mol. The maximum absolute atomic E-state index is 13.4. The molecule has 0 saturated carbocycles. The molecular weight excluding hydrogens is 384 g/mol. The van der Waals surface area contributed by atoms with E-state index in [9.17, 15) is 13.8 Å². The standard InChI is InChI=1S/C21H21ClO4S/c1-2-26-20(24)21(13-5-7-16-6-3-4-8-18(16)21)27(25)19(23)14-15-9-11-17(22)12-10-15/h3-4,6,8-12H,2,5,7,13-14H2,1H3. The monoisotopic (exact) mass is 404 g/mol. The Hall–Kier alpha value is -1.98. The van der Waals surface area contributed by atoms with E-state index in [-0.39, 0.29) is 13.0 Å². The number of hydrogen-bond donors (Lipinski definition) is 0. The van der Waals surface area contributed by atoms with Crippen molar-refractivity contribution in [3.05, 3.63) is 70.2 Å². The van der Waals surface area contributed by atoms with Crippen molar-refractivity contribution in [2.24, 2.45) is 0 Å². The van der Waals surface area contributed by atoms with Crippen LogP contribution in [0.25, 0.3) is 0 Å². The summed E-state index contributed by atoms with van der Waals surface area (Å²) in [7, 11) is -2.06. The number of halogens is 1. The van der Waals surface area contributed by atoms with Crippen molar-refractivity contribution in [3.8, 4) is 0 Å². The first kappa shape index (κ1) is 19.8. The second-order valence-electron chi connectivity index (χ2n) is 6.50. The third kappa shape index (κ3) is 3.85. The molecule has 0 fully saturated rings. The third-order valence-electron chi connectivity index (χ3n) is 4.82. The Balaban J connectivity index is 1.99. The first-order valence-electron chi connectivity index (χ1n) is 8.93. The minimum Gasteiger partial charge on any atom is -0.465 e. The molecule has 0 bridgehead atoms. The number of carbonyl (C=O) groups is 2. The van der Waals surface area contributed by atoms with Crippen LogP contribution in [0.2, 0.25) is 5.02 Å². The minimum absolute atomic E-state index is 0.0207. The summed E-state index contributed by atoms with van der Waals surface area (Å²) in [4.78, 5) is 25.8. The molecule has 0 N–H and O–H groups in total. The lowest BCUT2D eigenvalue weighted by atomic mass is 9.82. The van der Waals surface area contributed by atoms with Crippen molar-refractivity contribution < 1.29 is 18.5 Å². The predicted octanol–water partition coefficient (Wildman–Crippen LogP) is 3.95. The molecule has 0 heterocycles. The summed E-state index contributed by atoms with van der Waals surface area (Å²) in [6, 6.07) is 14.2. The van der Waals surface area contributed by atoms with Crippen molar-refractivity contribution in [2.45, 2.75) is 37.4 Å². The molecular formula is C21H21ClO4S. The summed E-state index contributed by atoms with van der Waals surface area (Å²) >= 11 is 5.88. The van der Waals surface area contributed by atoms with Crippen LogP contribution in [0.5, 0.6) is 0 Å². The highest BCUT2D eigenvalue weighted by Crippen LogP contribution is 2.42. The number of hydrogen-bond acceptors (Lipinski definition) is 4. The van der Waals surface area contributed by atoms with E-state index in [4.69, 9.17) is 16.3 Å². The van der Waals surface area contributed by atoms with Gasteiger partial charge in [-0.25, -0.2) is 4.21 Å². The zero-order valence-electron chi connectivity index (χ0n) is 15.1. The van der Waals surface area contributed by atoms with Crippen LogP contribution in [0, 0.1) is 0 Å². The summed E-state index contributed by atoms with van der Waals surface area (Å²) in [5, 5.41) is 0.0820. The van der Waals surface area contributed by atoms with Crippen LogP contribution in [0.4, 0.5) is 0 Å². The molecule has 0 spiro atoms. The highest BCUT2D eigenvalue weighted by Gasteiger charge is 2.52. The van der Waals surface area contributed by atoms with E-state index < -0.39 is 26.6 Å². The number of rotatable bonds is 5. The van der Waals surface area contributed by atoms with Gasteiger partial charge in [-0.3, -0.25) is 9.59 Å². The van der Waals surface area contributed by atoms with E-state index in [2.05, 4.69) is 0 Å². The average Bonchev–Trinajstić information content (AvgIpc) is 2.68. The quantitative estimate of drug-likeness (QED) is 0.708. The van der Waals surface area contributed by atoms with Crippen LogP contribution in [0.3, 0.4) is 0 Å². The van der Waals surface area contributed by atoms with Crippen LogP contribution in [0.1, 0.15) is 36.5 Å². The summed E-state index contributed by atoms with van der Waals surface area (Å²) in [5.41, 5.74) is 2.31. The molecule has 4 nitrogen and oxygen atoms in total. The van der Waals surface area contributed by atoms with Crippen molar-refractivity contribution in [2.75, 3.05) is 6.61 Å². The van der Waals surface area contributed by atoms with Crippen LogP contribution in [0.15, 0.2) is 48.5 Å². The molecule has 2 unspecified atom stereocenters. The van der Waals surface area contributed by atoms with Gasteiger partial charge in [0.25, 0.3) is 0 Å².